The predicted octanol–water partition coefficient (Wildman–Crippen LogP) is 37.2. The number of nitrogens with zero attached hydrogens (tertiary/aromatic N) is 6. The number of para-hydroxylation sites is 5. The molecule has 22 aromatic carbocycles. The number of hydrogen-bond donors (Lipinski definition) is 0. The van der Waals surface area contributed by atoms with E-state index in [9.17, 15) is 0 Å². The summed E-state index contributed by atoms with van der Waals surface area (Å²) >= 11 is 0. The maximum Gasteiger partial charge on any atom is 0.0547 e. The summed E-state index contributed by atoms with van der Waals surface area (Å²) in [7, 11) is 0. The van der Waals surface area contributed by atoms with Crippen LogP contribution in [0.25, 0.3) is 160 Å². The van der Waals surface area contributed by atoms with Gasteiger partial charge in [-0.1, -0.05) is 373 Å². The fourth-order valence-corrected chi connectivity index (χ4v) is 22.4. The average Bonchev–Trinajstić information content (AvgIpc) is 1.56. The van der Waals surface area contributed by atoms with Crippen molar-refractivity contribution >= 4 is 127 Å². The van der Waals surface area contributed by atoms with Gasteiger partial charge in [0, 0.05) is 111 Å². The van der Waals surface area contributed by atoms with Gasteiger partial charge in [0.1, 0.15) is 0 Å². The molecular formula is C136H100N6. The van der Waals surface area contributed by atoms with Gasteiger partial charge in [-0.05, 0) is 288 Å². The van der Waals surface area contributed by atoms with Crippen LogP contribution >= 0.6 is 0 Å². The Morgan fingerprint density at radius 1 is 0.155 bits per heavy atom. The third-order valence-corrected chi connectivity index (χ3v) is 29.4. The van der Waals surface area contributed by atoms with Gasteiger partial charge in [0.15, 0.2) is 0 Å². The second-order valence-corrected chi connectivity index (χ2v) is 38.3. The Balaban J connectivity index is 0.000000112. The fraction of sp³-hybridized carbons (Fsp3) is 0.0441. The summed E-state index contributed by atoms with van der Waals surface area (Å²) < 4.78 is 7.17. The van der Waals surface area contributed by atoms with E-state index >= 15 is 0 Å². The average molecular weight is 1820 g/mol. The standard InChI is InChI=1S/C48H38N2.C48H34N2.C40H28N2/c1-47(2)41-17-9-5-13-35(41)37-27-25-33(29-43(37)47)49(34-26-28-38-36-14-6-10-18-42(36)48(3,4)44(38)30-34)31-21-23-32(24-22-31)50-45-19-11-7-15-39(45)40-16-8-12-20-46(40)50;1-4-12-35(13-5-1)38-20-25-41(26-21-38)49(42-27-22-39(23-28-42)36-14-6-2-7-15-36)43-29-31-44(32-30-43)50-47-19-11-10-18-45(47)46-34-40(24-33-48(46)50)37-16-8-3-9-17-37;1-3-11-29(12-4-1)30-19-22-33(23-20-30)41(32-14-5-2-6-15-32)34-24-26-35(27-25-34)42-38-18-10-9-17-37(38)40-36-16-8-7-13-31(36)21-28-39(40)42/h5-30H,1-4H3;1-34H;1-28H. The van der Waals surface area contributed by atoms with E-state index in [1.165, 1.54) is 177 Å². The molecule has 0 aliphatic heterocycles. The Morgan fingerprint density at radius 2 is 0.408 bits per heavy atom. The van der Waals surface area contributed by atoms with Crippen LogP contribution in [-0.2, 0) is 10.8 Å². The summed E-state index contributed by atoms with van der Waals surface area (Å²) in [6, 6.07) is 193. The van der Waals surface area contributed by atoms with Crippen LogP contribution in [0.4, 0.5) is 51.2 Å². The van der Waals surface area contributed by atoms with Gasteiger partial charge in [0.2, 0.25) is 0 Å². The minimum absolute atomic E-state index is 0.0877. The van der Waals surface area contributed by atoms with Crippen LogP contribution in [0.15, 0.2) is 534 Å². The van der Waals surface area contributed by atoms with Crippen LogP contribution in [0, 0.1) is 0 Å². The second-order valence-electron chi connectivity index (χ2n) is 38.3. The molecule has 0 fully saturated rings. The number of benzene rings is 22. The van der Waals surface area contributed by atoms with Crippen LogP contribution < -0.4 is 14.7 Å². The smallest absolute Gasteiger partial charge is 0.0547 e. The maximum absolute atomic E-state index is 2.45. The van der Waals surface area contributed by atoms with E-state index in [1.807, 2.05) is 0 Å². The van der Waals surface area contributed by atoms with Crippen molar-refractivity contribution in [1.29, 1.82) is 0 Å². The first-order valence-corrected chi connectivity index (χ1v) is 49.2. The zero-order chi connectivity index (χ0) is 94.9. The van der Waals surface area contributed by atoms with Crippen LogP contribution in [0.2, 0.25) is 0 Å². The van der Waals surface area contributed by atoms with Gasteiger partial charge in [-0.25, -0.2) is 0 Å². The molecule has 0 amide bonds. The van der Waals surface area contributed by atoms with Gasteiger partial charge >= 0.3 is 0 Å². The first kappa shape index (κ1) is 85.6. The summed E-state index contributed by atoms with van der Waals surface area (Å²) in [5.74, 6) is 0. The molecule has 0 atom stereocenters. The lowest BCUT2D eigenvalue weighted by Crippen LogP contribution is -2.18. The quantitative estimate of drug-likeness (QED) is 0.0964. The molecule has 0 bridgehead atoms. The molecular weight excluding hydrogens is 1720 g/mol. The second kappa shape index (κ2) is 35.8. The first-order chi connectivity index (χ1) is 70.0. The first-order valence-electron chi connectivity index (χ1n) is 49.2. The van der Waals surface area contributed by atoms with Crippen LogP contribution in [-0.4, -0.2) is 13.7 Å². The molecule has 142 heavy (non-hydrogen) atoms. The molecule has 2 aliphatic rings. The Labute approximate surface area is 828 Å². The molecule has 0 saturated carbocycles. The minimum atomic E-state index is -0.0877. The van der Waals surface area contributed by atoms with E-state index in [1.54, 1.807) is 0 Å². The Hall–Kier alpha value is -18.1. The predicted molar refractivity (Wildman–Crippen MR) is 601 cm³/mol. The number of anilines is 9. The van der Waals surface area contributed by atoms with Crippen molar-refractivity contribution < 1.29 is 0 Å². The molecule has 6 heteroatoms. The molecule has 6 nitrogen and oxygen atoms in total. The van der Waals surface area contributed by atoms with Crippen LogP contribution in [0.3, 0.4) is 0 Å². The van der Waals surface area contributed by atoms with Crippen molar-refractivity contribution in [3.8, 4) is 83.8 Å². The maximum atomic E-state index is 2.45. The fourth-order valence-electron chi connectivity index (χ4n) is 22.4. The highest BCUT2D eigenvalue weighted by Crippen LogP contribution is 2.55. The summed E-state index contributed by atoms with van der Waals surface area (Å²) in [5, 5.41) is 10.2. The summed E-state index contributed by atoms with van der Waals surface area (Å²) in [6.45, 7) is 9.45. The lowest BCUT2D eigenvalue weighted by molar-refractivity contribution is 0.660. The Morgan fingerprint density at radius 3 is 0.810 bits per heavy atom. The number of aromatic nitrogens is 3. The van der Waals surface area contributed by atoms with Crippen LogP contribution in [0.1, 0.15) is 49.9 Å². The Kier molecular flexibility index (Phi) is 21.6. The zero-order valence-electron chi connectivity index (χ0n) is 79.5. The van der Waals surface area contributed by atoms with Crippen molar-refractivity contribution in [2.45, 2.75) is 38.5 Å². The number of rotatable bonds is 16. The lowest BCUT2D eigenvalue weighted by atomic mass is 9.82. The summed E-state index contributed by atoms with van der Waals surface area (Å²) in [6.07, 6.45) is 0. The number of fused-ring (bicyclic) bond motifs is 17. The molecule has 674 valence electrons. The van der Waals surface area contributed by atoms with Gasteiger partial charge in [-0.2, -0.15) is 0 Å². The van der Waals surface area contributed by atoms with Gasteiger partial charge < -0.3 is 28.4 Å². The summed E-state index contributed by atoms with van der Waals surface area (Å²) in [4.78, 5) is 7.11. The largest absolute Gasteiger partial charge is 0.311 e. The van der Waals surface area contributed by atoms with Crippen LogP contribution in [0.5, 0.6) is 0 Å². The SMILES string of the molecule is CC1(C)c2ccccc2-c2ccc(N(c3ccc(-n4c5ccccc5c5ccccc54)cc3)c3ccc4c(c3)C(C)(C)c3ccccc3-4)cc21.c1ccc(-c2ccc(N(c3ccc(-c4ccccc4)cc3)c3ccc(-n4c5ccccc5c5cc(-c6ccccc6)ccc54)cc3)cc2)cc1.c1ccc(-c2ccc(N(c3ccccc3)c3ccc(-n4c5ccccc5c5c6ccccc6ccc54)cc3)cc2)cc1. The highest BCUT2D eigenvalue weighted by molar-refractivity contribution is 6.21. The van der Waals surface area contributed by atoms with E-state index < -0.39 is 0 Å². The Bertz CT molecular complexity index is 8770. The van der Waals surface area contributed by atoms with E-state index in [4.69, 9.17) is 0 Å². The molecule has 0 N–H and O–H groups in total. The topological polar surface area (TPSA) is 24.5 Å². The molecule has 0 unspecified atom stereocenters. The third kappa shape index (κ3) is 15.2. The third-order valence-electron chi connectivity index (χ3n) is 29.4. The molecule has 3 heterocycles. The monoisotopic (exact) mass is 1820 g/mol. The van der Waals surface area contributed by atoms with Gasteiger partial charge in [0.05, 0.1) is 33.1 Å². The van der Waals surface area contributed by atoms with E-state index in [0.29, 0.717) is 0 Å². The number of hydrogen-bond acceptors (Lipinski definition) is 3. The van der Waals surface area contributed by atoms with E-state index in [2.05, 4.69) is 590 Å². The van der Waals surface area contributed by atoms with Crippen molar-refractivity contribution in [3.05, 3.63) is 556 Å². The minimum Gasteiger partial charge on any atom is -0.311 e. The zero-order valence-corrected chi connectivity index (χ0v) is 79.5. The molecule has 0 radical (unpaired) electrons. The molecule has 2 aliphatic carbocycles. The molecule has 0 saturated heterocycles. The molecule has 0 spiro atoms. The molecule has 3 aromatic heterocycles. The van der Waals surface area contributed by atoms with E-state index in [0.717, 1.165) is 56.9 Å². The van der Waals surface area contributed by atoms with E-state index in [-0.39, 0.29) is 10.8 Å². The van der Waals surface area contributed by atoms with Gasteiger partial charge in [0.25, 0.3) is 0 Å². The van der Waals surface area contributed by atoms with Crippen molar-refractivity contribution in [3.63, 3.8) is 0 Å². The van der Waals surface area contributed by atoms with Gasteiger partial charge in [-0.3, -0.25) is 0 Å². The van der Waals surface area contributed by atoms with Crippen molar-refractivity contribution in [1.82, 2.24) is 13.7 Å². The van der Waals surface area contributed by atoms with Crippen molar-refractivity contribution in [2.24, 2.45) is 0 Å². The highest BCUT2D eigenvalue weighted by atomic mass is 15.2. The van der Waals surface area contributed by atoms with Crippen molar-refractivity contribution in [2.75, 3.05) is 14.7 Å². The lowest BCUT2D eigenvalue weighted by Gasteiger charge is -2.30. The summed E-state index contributed by atoms with van der Waals surface area (Å²) in [5.41, 5.74) is 41.3. The molecule has 25 aromatic rings. The molecule has 27 rings (SSSR count). The van der Waals surface area contributed by atoms with Gasteiger partial charge in [-0.15, -0.1) is 0 Å². The normalized spacial score (nSPS) is 12.5. The highest BCUT2D eigenvalue weighted by Gasteiger charge is 2.38.